The highest BCUT2D eigenvalue weighted by Gasteiger charge is 2.17. The molecular weight excluding hydrogens is 364 g/mol. The van der Waals surface area contributed by atoms with Gasteiger partial charge in [-0.1, -0.05) is 42.5 Å². The maximum Gasteiger partial charge on any atom is 0.272 e. The minimum Gasteiger partial charge on any atom is -0.489 e. The third-order valence-electron chi connectivity index (χ3n) is 5.11. The van der Waals surface area contributed by atoms with E-state index in [0.717, 1.165) is 42.8 Å². The molecule has 1 aliphatic rings. The number of aromatic nitrogens is 2. The maximum atomic E-state index is 12.4. The summed E-state index contributed by atoms with van der Waals surface area (Å²) in [5, 5.41) is 10.8. The lowest BCUT2D eigenvalue weighted by Crippen LogP contribution is -2.32. The van der Waals surface area contributed by atoms with Crippen LogP contribution in [0.3, 0.4) is 0 Å². The van der Waals surface area contributed by atoms with E-state index in [4.69, 9.17) is 4.74 Å². The Morgan fingerprint density at radius 2 is 1.93 bits per heavy atom. The van der Waals surface area contributed by atoms with Crippen molar-refractivity contribution in [3.63, 3.8) is 0 Å². The zero-order valence-electron chi connectivity index (χ0n) is 16.4. The molecular formula is C23H26N4O2. The molecule has 1 amide bonds. The fourth-order valence-electron chi connectivity index (χ4n) is 3.44. The van der Waals surface area contributed by atoms with E-state index in [-0.39, 0.29) is 5.91 Å². The van der Waals surface area contributed by atoms with Gasteiger partial charge < -0.3 is 15.4 Å². The van der Waals surface area contributed by atoms with Gasteiger partial charge in [-0.15, -0.1) is 0 Å². The third kappa shape index (κ3) is 5.23. The Hall–Kier alpha value is -3.12. The second-order valence-corrected chi connectivity index (χ2v) is 7.28. The van der Waals surface area contributed by atoms with E-state index in [1.54, 1.807) is 6.07 Å². The van der Waals surface area contributed by atoms with Gasteiger partial charge in [0.2, 0.25) is 0 Å². The van der Waals surface area contributed by atoms with Crippen molar-refractivity contribution in [2.45, 2.75) is 32.0 Å². The number of hydrogen-bond donors (Lipinski definition) is 2. The van der Waals surface area contributed by atoms with Crippen LogP contribution >= 0.6 is 0 Å². The van der Waals surface area contributed by atoms with Gasteiger partial charge in [-0.25, -0.2) is 0 Å². The predicted molar refractivity (Wildman–Crippen MR) is 112 cm³/mol. The SMILES string of the molecule is O=C(NCc1ccc(OCc2ccccc2)cc1)c1ccn(C2CCCNC2)n1. The quantitative estimate of drug-likeness (QED) is 0.649. The van der Waals surface area contributed by atoms with Crippen LogP contribution in [0.5, 0.6) is 5.75 Å². The predicted octanol–water partition coefficient (Wildman–Crippen LogP) is 3.32. The van der Waals surface area contributed by atoms with Gasteiger partial charge in [-0.05, 0) is 48.7 Å². The first-order valence-electron chi connectivity index (χ1n) is 10.1. The summed E-state index contributed by atoms with van der Waals surface area (Å²) in [5.41, 5.74) is 2.60. The van der Waals surface area contributed by atoms with Crippen LogP contribution in [0.15, 0.2) is 66.9 Å². The van der Waals surface area contributed by atoms with Crippen molar-refractivity contribution in [1.29, 1.82) is 0 Å². The van der Waals surface area contributed by atoms with Crippen LogP contribution in [0.1, 0.15) is 40.5 Å². The van der Waals surface area contributed by atoms with Gasteiger partial charge in [0.05, 0.1) is 6.04 Å². The molecule has 0 bridgehead atoms. The minimum absolute atomic E-state index is 0.156. The van der Waals surface area contributed by atoms with Crippen LogP contribution in [-0.2, 0) is 13.2 Å². The number of hydrogen-bond acceptors (Lipinski definition) is 4. The molecule has 6 nitrogen and oxygen atoms in total. The molecule has 2 aromatic carbocycles. The highest BCUT2D eigenvalue weighted by atomic mass is 16.5. The number of nitrogens with zero attached hydrogens (tertiary/aromatic N) is 2. The fourth-order valence-corrected chi connectivity index (χ4v) is 3.44. The van der Waals surface area contributed by atoms with Crippen LogP contribution in [0.4, 0.5) is 0 Å². The molecule has 2 heterocycles. The second-order valence-electron chi connectivity index (χ2n) is 7.28. The molecule has 1 fully saturated rings. The summed E-state index contributed by atoms with van der Waals surface area (Å²) in [6.07, 6.45) is 4.12. The normalized spacial score (nSPS) is 16.3. The highest BCUT2D eigenvalue weighted by Crippen LogP contribution is 2.16. The highest BCUT2D eigenvalue weighted by molar-refractivity contribution is 5.92. The molecule has 1 unspecified atom stereocenters. The van der Waals surface area contributed by atoms with Gasteiger partial charge in [0.25, 0.3) is 5.91 Å². The average molecular weight is 390 g/mol. The van der Waals surface area contributed by atoms with Gasteiger partial charge in [0.15, 0.2) is 0 Å². The third-order valence-corrected chi connectivity index (χ3v) is 5.11. The summed E-state index contributed by atoms with van der Waals surface area (Å²) in [6, 6.07) is 20.0. The number of rotatable bonds is 7. The summed E-state index contributed by atoms with van der Waals surface area (Å²) >= 11 is 0. The Kier molecular flexibility index (Phi) is 6.22. The van der Waals surface area contributed by atoms with Crippen molar-refractivity contribution in [1.82, 2.24) is 20.4 Å². The standard InChI is InChI=1S/C23H26N4O2/c28-23(22-12-14-27(26-22)20-7-4-13-24-16-20)25-15-18-8-10-21(11-9-18)29-17-19-5-2-1-3-6-19/h1-3,5-6,8-12,14,20,24H,4,7,13,15-17H2,(H,25,28). The van der Waals surface area contributed by atoms with Crippen molar-refractivity contribution in [3.05, 3.63) is 83.7 Å². The molecule has 1 saturated heterocycles. The lowest BCUT2D eigenvalue weighted by atomic mass is 10.1. The molecule has 0 radical (unpaired) electrons. The molecule has 3 aromatic rings. The molecule has 0 aliphatic carbocycles. The molecule has 6 heteroatoms. The van der Waals surface area contributed by atoms with Crippen molar-refractivity contribution in [2.75, 3.05) is 13.1 Å². The van der Waals surface area contributed by atoms with E-state index >= 15 is 0 Å². The number of ether oxygens (including phenoxy) is 1. The van der Waals surface area contributed by atoms with Crippen molar-refractivity contribution in [3.8, 4) is 5.75 Å². The molecule has 150 valence electrons. The first-order valence-corrected chi connectivity index (χ1v) is 10.1. The molecule has 1 aromatic heterocycles. The fraction of sp³-hybridized carbons (Fsp3) is 0.304. The monoisotopic (exact) mass is 390 g/mol. The van der Waals surface area contributed by atoms with Gasteiger partial charge in [0, 0.05) is 19.3 Å². The molecule has 4 rings (SSSR count). The van der Waals surface area contributed by atoms with Crippen LogP contribution in [0, 0.1) is 0 Å². The average Bonchev–Trinajstić information content (AvgIpc) is 3.29. The maximum absolute atomic E-state index is 12.4. The number of nitrogens with one attached hydrogen (secondary N) is 2. The zero-order chi connectivity index (χ0) is 19.9. The molecule has 1 atom stereocenters. The Labute approximate surface area is 170 Å². The van der Waals surface area contributed by atoms with Crippen LogP contribution in [0.2, 0.25) is 0 Å². The first-order chi connectivity index (χ1) is 14.3. The second kappa shape index (κ2) is 9.39. The molecule has 29 heavy (non-hydrogen) atoms. The minimum atomic E-state index is -0.156. The Morgan fingerprint density at radius 3 is 2.69 bits per heavy atom. The summed E-state index contributed by atoms with van der Waals surface area (Å²) in [5.74, 6) is 0.653. The summed E-state index contributed by atoms with van der Waals surface area (Å²) in [6.45, 7) is 2.95. The molecule has 2 N–H and O–H groups in total. The Morgan fingerprint density at radius 1 is 1.10 bits per heavy atom. The molecule has 0 saturated carbocycles. The lowest BCUT2D eigenvalue weighted by Gasteiger charge is -2.22. The van der Waals surface area contributed by atoms with Crippen molar-refractivity contribution >= 4 is 5.91 Å². The summed E-state index contributed by atoms with van der Waals surface area (Å²) in [7, 11) is 0. The number of benzene rings is 2. The smallest absolute Gasteiger partial charge is 0.272 e. The Bertz CT molecular complexity index is 916. The molecule has 1 aliphatic heterocycles. The van der Waals surface area contributed by atoms with E-state index in [9.17, 15) is 4.79 Å². The van der Waals surface area contributed by atoms with Crippen LogP contribution in [0.25, 0.3) is 0 Å². The summed E-state index contributed by atoms with van der Waals surface area (Å²) < 4.78 is 7.70. The number of carbonyl (C=O) groups excluding carboxylic acids is 1. The van der Waals surface area contributed by atoms with Gasteiger partial charge in [-0.3, -0.25) is 9.48 Å². The number of carbonyl (C=O) groups is 1. The largest absolute Gasteiger partial charge is 0.489 e. The van der Waals surface area contributed by atoms with E-state index in [0.29, 0.717) is 24.9 Å². The number of amides is 1. The van der Waals surface area contributed by atoms with Crippen molar-refractivity contribution in [2.24, 2.45) is 0 Å². The van der Waals surface area contributed by atoms with Crippen molar-refractivity contribution < 1.29 is 9.53 Å². The van der Waals surface area contributed by atoms with Crippen LogP contribution < -0.4 is 15.4 Å². The van der Waals surface area contributed by atoms with E-state index in [2.05, 4.69) is 15.7 Å². The lowest BCUT2D eigenvalue weighted by molar-refractivity contribution is 0.0944. The topological polar surface area (TPSA) is 68.2 Å². The van der Waals surface area contributed by atoms with E-state index in [1.807, 2.05) is 65.5 Å². The first kappa shape index (κ1) is 19.2. The van der Waals surface area contributed by atoms with E-state index in [1.165, 1.54) is 0 Å². The molecule has 0 spiro atoms. The summed E-state index contributed by atoms with van der Waals surface area (Å²) in [4.78, 5) is 12.4. The van der Waals surface area contributed by atoms with Gasteiger partial charge in [0.1, 0.15) is 18.1 Å². The van der Waals surface area contributed by atoms with E-state index < -0.39 is 0 Å². The van der Waals surface area contributed by atoms with Crippen LogP contribution in [-0.4, -0.2) is 28.8 Å². The van der Waals surface area contributed by atoms with Gasteiger partial charge in [-0.2, -0.15) is 5.10 Å². The number of piperidine rings is 1. The van der Waals surface area contributed by atoms with Gasteiger partial charge >= 0.3 is 0 Å². The zero-order valence-corrected chi connectivity index (χ0v) is 16.4. The Balaban J connectivity index is 1.26.